The minimum absolute atomic E-state index is 0.180. The first kappa shape index (κ1) is 13.7. The highest BCUT2D eigenvalue weighted by Crippen LogP contribution is 2.15. The molecule has 0 spiro atoms. The van der Waals surface area contributed by atoms with Crippen LogP contribution in [0.25, 0.3) is 0 Å². The van der Waals surface area contributed by atoms with Crippen LogP contribution in [0.15, 0.2) is 12.1 Å². The van der Waals surface area contributed by atoms with Crippen molar-refractivity contribution in [1.82, 2.24) is 4.72 Å². The number of nitrogens with zero attached hydrogens (tertiary/aromatic N) is 1. The maximum Gasteiger partial charge on any atom is 0.225 e. The Morgan fingerprint density at radius 3 is 2.88 bits per heavy atom. The van der Waals surface area contributed by atoms with Gasteiger partial charge in [0.05, 0.1) is 17.5 Å². The summed E-state index contributed by atoms with van der Waals surface area (Å²) in [5.41, 5.74) is 5.24. The van der Waals surface area contributed by atoms with E-state index in [4.69, 9.17) is 11.0 Å². The lowest BCUT2D eigenvalue weighted by Gasteiger charge is -2.00. The number of nitriles is 1. The van der Waals surface area contributed by atoms with Crippen molar-refractivity contribution >= 4 is 21.4 Å². The number of nitrogens with one attached hydrogen (secondary N) is 1. The predicted octanol–water partition coefficient (Wildman–Crippen LogP) is 0.00128. The van der Waals surface area contributed by atoms with E-state index in [2.05, 4.69) is 16.6 Å². The standard InChI is InChI=1S/C10H11N3O2S2/c11-5-1-2-9-3-4-10(16-9)8-13-17(14,15)7-6-12/h3-4,13H,5,7-8,11H2. The van der Waals surface area contributed by atoms with Gasteiger partial charge in [-0.25, -0.2) is 13.1 Å². The smallest absolute Gasteiger partial charge is 0.225 e. The van der Waals surface area contributed by atoms with Crippen molar-refractivity contribution in [2.45, 2.75) is 6.54 Å². The minimum Gasteiger partial charge on any atom is -0.320 e. The van der Waals surface area contributed by atoms with E-state index in [1.807, 2.05) is 0 Å². The molecule has 1 aromatic heterocycles. The molecule has 1 aromatic rings. The number of hydrogen-bond acceptors (Lipinski definition) is 5. The minimum atomic E-state index is -3.50. The lowest BCUT2D eigenvalue weighted by Crippen LogP contribution is -2.24. The van der Waals surface area contributed by atoms with Gasteiger partial charge in [-0.3, -0.25) is 0 Å². The monoisotopic (exact) mass is 269 g/mol. The van der Waals surface area contributed by atoms with Crippen LogP contribution in [0.3, 0.4) is 0 Å². The second-order valence-electron chi connectivity index (χ2n) is 3.01. The van der Waals surface area contributed by atoms with Gasteiger partial charge in [0, 0.05) is 11.4 Å². The van der Waals surface area contributed by atoms with Gasteiger partial charge < -0.3 is 5.73 Å². The molecule has 0 amide bonds. The Balaban J connectivity index is 2.59. The van der Waals surface area contributed by atoms with Crippen molar-refractivity contribution in [2.24, 2.45) is 5.73 Å². The van der Waals surface area contributed by atoms with Crippen LogP contribution >= 0.6 is 11.3 Å². The van der Waals surface area contributed by atoms with Crippen LogP contribution < -0.4 is 10.5 Å². The molecule has 0 bridgehead atoms. The summed E-state index contributed by atoms with van der Waals surface area (Å²) in [7, 11) is -3.50. The van der Waals surface area contributed by atoms with Gasteiger partial charge in [-0.2, -0.15) is 5.26 Å². The number of nitrogens with two attached hydrogens (primary N) is 1. The number of rotatable bonds is 4. The van der Waals surface area contributed by atoms with Gasteiger partial charge in [-0.15, -0.1) is 11.3 Å². The van der Waals surface area contributed by atoms with E-state index in [1.165, 1.54) is 11.3 Å². The van der Waals surface area contributed by atoms with E-state index >= 15 is 0 Å². The number of thiophene rings is 1. The van der Waals surface area contributed by atoms with Crippen molar-refractivity contribution < 1.29 is 8.42 Å². The lowest BCUT2D eigenvalue weighted by molar-refractivity contribution is 0.585. The normalized spacial score (nSPS) is 10.4. The van der Waals surface area contributed by atoms with Crippen LogP contribution in [0.2, 0.25) is 0 Å². The first-order valence-electron chi connectivity index (χ1n) is 4.69. The number of sulfonamides is 1. The molecule has 0 saturated carbocycles. The van der Waals surface area contributed by atoms with Gasteiger partial charge in [0.25, 0.3) is 0 Å². The highest BCUT2D eigenvalue weighted by Gasteiger charge is 2.09. The summed E-state index contributed by atoms with van der Waals surface area (Å²) in [5, 5.41) is 8.30. The molecule has 0 fully saturated rings. The van der Waals surface area contributed by atoms with Crippen molar-refractivity contribution in [3.05, 3.63) is 21.9 Å². The maximum atomic E-state index is 11.2. The molecule has 7 heteroatoms. The summed E-state index contributed by atoms with van der Waals surface area (Å²) in [4.78, 5) is 1.68. The first-order chi connectivity index (χ1) is 8.07. The van der Waals surface area contributed by atoms with Crippen LogP contribution in [0.4, 0.5) is 0 Å². The molecule has 0 unspecified atom stereocenters. The van der Waals surface area contributed by atoms with E-state index in [0.29, 0.717) is 6.54 Å². The van der Waals surface area contributed by atoms with Crippen molar-refractivity contribution in [1.29, 1.82) is 5.26 Å². The zero-order valence-electron chi connectivity index (χ0n) is 8.93. The topological polar surface area (TPSA) is 96.0 Å². The van der Waals surface area contributed by atoms with Gasteiger partial charge in [0.15, 0.2) is 5.75 Å². The average Bonchev–Trinajstić information content (AvgIpc) is 2.72. The van der Waals surface area contributed by atoms with Crippen LogP contribution in [-0.4, -0.2) is 20.7 Å². The second-order valence-corrected chi connectivity index (χ2v) is 5.99. The average molecular weight is 269 g/mol. The summed E-state index contributed by atoms with van der Waals surface area (Å²) in [6.45, 7) is 0.473. The zero-order valence-corrected chi connectivity index (χ0v) is 10.6. The van der Waals surface area contributed by atoms with E-state index < -0.39 is 15.8 Å². The zero-order chi connectivity index (χ0) is 12.7. The molecule has 90 valence electrons. The van der Waals surface area contributed by atoms with E-state index in [0.717, 1.165) is 9.75 Å². The molecule has 0 aliphatic carbocycles. The fraction of sp³-hybridized carbons (Fsp3) is 0.300. The Bertz CT molecular complexity index is 573. The third-order valence-corrected chi connectivity index (χ3v) is 3.79. The van der Waals surface area contributed by atoms with Crippen LogP contribution in [-0.2, 0) is 16.6 Å². The maximum absolute atomic E-state index is 11.2. The molecule has 0 radical (unpaired) electrons. The summed E-state index contributed by atoms with van der Waals surface area (Å²) < 4.78 is 24.8. The quantitative estimate of drug-likeness (QED) is 0.752. The van der Waals surface area contributed by atoms with Crippen molar-refractivity contribution in [3.63, 3.8) is 0 Å². The Labute approximate surface area is 104 Å². The number of hydrogen-bond donors (Lipinski definition) is 2. The van der Waals surface area contributed by atoms with Gasteiger partial charge in [0.1, 0.15) is 0 Å². The summed E-state index contributed by atoms with van der Waals surface area (Å²) in [5.74, 6) is 5.05. The molecule has 1 rings (SSSR count). The summed E-state index contributed by atoms with van der Waals surface area (Å²) in [6, 6.07) is 5.19. The lowest BCUT2D eigenvalue weighted by atomic mass is 10.4. The fourth-order valence-corrected chi connectivity index (χ4v) is 2.56. The Morgan fingerprint density at radius 2 is 2.24 bits per heavy atom. The second kappa shape index (κ2) is 6.38. The molecule has 0 aromatic carbocycles. The highest BCUT2D eigenvalue weighted by molar-refractivity contribution is 7.89. The molecular weight excluding hydrogens is 258 g/mol. The molecule has 0 aliphatic heterocycles. The van der Waals surface area contributed by atoms with Crippen LogP contribution in [0.5, 0.6) is 0 Å². The van der Waals surface area contributed by atoms with Crippen molar-refractivity contribution in [2.75, 3.05) is 12.3 Å². The molecule has 17 heavy (non-hydrogen) atoms. The van der Waals surface area contributed by atoms with Crippen LogP contribution in [0, 0.1) is 23.2 Å². The van der Waals surface area contributed by atoms with Gasteiger partial charge in [-0.05, 0) is 12.1 Å². The van der Waals surface area contributed by atoms with E-state index in [-0.39, 0.29) is 6.54 Å². The van der Waals surface area contributed by atoms with Crippen molar-refractivity contribution in [3.8, 4) is 17.9 Å². The summed E-state index contributed by atoms with van der Waals surface area (Å²) in [6.07, 6.45) is 0. The molecule has 3 N–H and O–H groups in total. The molecule has 1 heterocycles. The van der Waals surface area contributed by atoms with E-state index in [9.17, 15) is 8.42 Å². The molecule has 0 aliphatic rings. The Morgan fingerprint density at radius 1 is 1.47 bits per heavy atom. The summed E-state index contributed by atoms with van der Waals surface area (Å²) >= 11 is 1.39. The molecule has 0 saturated heterocycles. The molecule has 0 atom stereocenters. The van der Waals surface area contributed by atoms with Gasteiger partial charge in [0.2, 0.25) is 10.0 Å². The third kappa shape index (κ3) is 4.98. The van der Waals surface area contributed by atoms with Gasteiger partial charge in [-0.1, -0.05) is 11.8 Å². The molecular formula is C10H11N3O2S2. The Kier molecular flexibility index (Phi) is 5.13. The Hall–Kier alpha value is -1.38. The third-order valence-electron chi connectivity index (χ3n) is 1.70. The fourth-order valence-electron chi connectivity index (χ4n) is 0.995. The van der Waals surface area contributed by atoms with E-state index in [1.54, 1.807) is 18.2 Å². The highest BCUT2D eigenvalue weighted by atomic mass is 32.2. The predicted molar refractivity (Wildman–Crippen MR) is 66.5 cm³/mol. The first-order valence-corrected chi connectivity index (χ1v) is 7.16. The largest absolute Gasteiger partial charge is 0.320 e. The SMILES string of the molecule is N#CCS(=O)(=O)NCc1ccc(C#CCN)s1. The molecule has 5 nitrogen and oxygen atoms in total. The van der Waals surface area contributed by atoms with Crippen LogP contribution in [0.1, 0.15) is 9.75 Å². The van der Waals surface area contributed by atoms with Gasteiger partial charge >= 0.3 is 0 Å².